The van der Waals surface area contributed by atoms with Gasteiger partial charge in [0.2, 0.25) is 5.91 Å². The highest BCUT2D eigenvalue weighted by atomic mass is 16.2. The Balaban J connectivity index is 2.09. The Morgan fingerprint density at radius 2 is 2.14 bits per heavy atom. The van der Waals surface area contributed by atoms with Gasteiger partial charge in [-0.3, -0.25) is 4.79 Å². The summed E-state index contributed by atoms with van der Waals surface area (Å²) in [6.07, 6.45) is 3.32. The van der Waals surface area contributed by atoms with Crippen LogP contribution in [0.1, 0.15) is 37.3 Å². The third kappa shape index (κ3) is 3.86. The van der Waals surface area contributed by atoms with Crippen LogP contribution in [0.2, 0.25) is 0 Å². The first-order valence-corrected chi connectivity index (χ1v) is 7.56. The van der Waals surface area contributed by atoms with Crippen molar-refractivity contribution in [2.75, 3.05) is 13.7 Å². The number of rotatable bonds is 3. The number of carbonyl (C=O) groups excluding carboxylic acids is 1. The molecule has 0 radical (unpaired) electrons. The normalized spacial score (nSPS) is 20.7. The summed E-state index contributed by atoms with van der Waals surface area (Å²) >= 11 is 0. The summed E-state index contributed by atoms with van der Waals surface area (Å²) in [5.74, 6) is 6.52. The first kappa shape index (κ1) is 15.6. The van der Waals surface area contributed by atoms with Gasteiger partial charge in [0.25, 0.3) is 0 Å². The average molecular weight is 285 g/mol. The molecule has 3 heteroatoms. The van der Waals surface area contributed by atoms with Crippen LogP contribution in [-0.4, -0.2) is 29.6 Å². The lowest BCUT2D eigenvalue weighted by atomic mass is 9.96. The fraction of sp³-hybridized carbons (Fsp3) is 0.500. The average Bonchev–Trinajstić information content (AvgIpc) is 2.91. The lowest BCUT2D eigenvalue weighted by Crippen LogP contribution is -2.33. The first-order valence-electron chi connectivity index (χ1n) is 7.56. The highest BCUT2D eigenvalue weighted by Crippen LogP contribution is 2.32. The van der Waals surface area contributed by atoms with E-state index in [1.807, 2.05) is 36.2 Å². The summed E-state index contributed by atoms with van der Waals surface area (Å²) < 4.78 is 0. The molecule has 1 aromatic rings. The summed E-state index contributed by atoms with van der Waals surface area (Å²) in [7, 11) is 1.86. The Labute approximate surface area is 127 Å². The maximum absolute atomic E-state index is 12.5. The molecule has 2 atom stereocenters. The molecule has 2 unspecified atom stereocenters. The van der Waals surface area contributed by atoms with Gasteiger partial charge in [0.1, 0.15) is 6.61 Å². The van der Waals surface area contributed by atoms with Gasteiger partial charge in [-0.15, -0.1) is 0 Å². The molecule has 1 amide bonds. The van der Waals surface area contributed by atoms with E-state index in [2.05, 4.69) is 18.8 Å². The van der Waals surface area contributed by atoms with Crippen LogP contribution in [-0.2, 0) is 11.3 Å². The standard InChI is InChI=1S/C18H23NO2/c1-14-7-5-11-17(14)18(21)19(2)13-16-9-4-3-8-15(16)10-6-12-20/h3-4,8-9,14,17,20H,5,7,11-13H2,1-2H3. The van der Waals surface area contributed by atoms with Gasteiger partial charge < -0.3 is 10.0 Å². The van der Waals surface area contributed by atoms with E-state index in [0.29, 0.717) is 12.5 Å². The molecule has 1 aromatic carbocycles. The zero-order valence-electron chi connectivity index (χ0n) is 12.8. The lowest BCUT2D eigenvalue weighted by Gasteiger charge is -2.24. The summed E-state index contributed by atoms with van der Waals surface area (Å²) in [5.41, 5.74) is 1.91. The molecule has 0 spiro atoms. The Kier molecular flexibility index (Phi) is 5.41. The molecule has 0 aliphatic heterocycles. The molecule has 3 nitrogen and oxygen atoms in total. The summed E-state index contributed by atoms with van der Waals surface area (Å²) in [6, 6.07) is 7.79. The Bertz CT molecular complexity index is 556. The topological polar surface area (TPSA) is 40.5 Å². The molecule has 1 aliphatic rings. The minimum absolute atomic E-state index is 0.150. The zero-order chi connectivity index (χ0) is 15.2. The Morgan fingerprint density at radius 3 is 2.81 bits per heavy atom. The van der Waals surface area contributed by atoms with Gasteiger partial charge in [0, 0.05) is 25.1 Å². The van der Waals surface area contributed by atoms with Crippen LogP contribution < -0.4 is 0 Å². The van der Waals surface area contributed by atoms with E-state index < -0.39 is 0 Å². The number of aliphatic hydroxyl groups is 1. The summed E-state index contributed by atoms with van der Waals surface area (Å²) in [5, 5.41) is 8.82. The predicted molar refractivity (Wildman–Crippen MR) is 83.4 cm³/mol. The van der Waals surface area contributed by atoms with Crippen LogP contribution in [0.3, 0.4) is 0 Å². The van der Waals surface area contributed by atoms with Crippen LogP contribution in [0.25, 0.3) is 0 Å². The van der Waals surface area contributed by atoms with E-state index in [1.165, 1.54) is 0 Å². The van der Waals surface area contributed by atoms with Crippen molar-refractivity contribution in [3.63, 3.8) is 0 Å². The Morgan fingerprint density at radius 1 is 1.38 bits per heavy atom. The third-order valence-electron chi connectivity index (χ3n) is 4.28. The molecule has 0 saturated heterocycles. The van der Waals surface area contributed by atoms with E-state index in [0.717, 1.165) is 30.4 Å². The molecule has 1 fully saturated rings. The van der Waals surface area contributed by atoms with Crippen molar-refractivity contribution < 1.29 is 9.90 Å². The fourth-order valence-corrected chi connectivity index (χ4v) is 3.04. The monoisotopic (exact) mass is 285 g/mol. The number of carbonyl (C=O) groups is 1. The van der Waals surface area contributed by atoms with E-state index in [9.17, 15) is 4.79 Å². The van der Waals surface area contributed by atoms with E-state index in [1.54, 1.807) is 0 Å². The summed E-state index contributed by atoms with van der Waals surface area (Å²) in [4.78, 5) is 14.3. The molecule has 21 heavy (non-hydrogen) atoms. The maximum Gasteiger partial charge on any atom is 0.225 e. The van der Waals surface area contributed by atoms with Gasteiger partial charge in [-0.25, -0.2) is 0 Å². The third-order valence-corrected chi connectivity index (χ3v) is 4.28. The predicted octanol–water partition coefficient (Wildman–Crippen LogP) is 2.43. The zero-order valence-corrected chi connectivity index (χ0v) is 12.8. The quantitative estimate of drug-likeness (QED) is 0.867. The second-order valence-electron chi connectivity index (χ2n) is 5.83. The van der Waals surface area contributed by atoms with Crippen molar-refractivity contribution in [1.29, 1.82) is 0 Å². The van der Waals surface area contributed by atoms with Gasteiger partial charge in [0.05, 0.1) is 0 Å². The van der Waals surface area contributed by atoms with Crippen molar-refractivity contribution in [3.8, 4) is 11.8 Å². The molecular weight excluding hydrogens is 262 g/mol. The van der Waals surface area contributed by atoms with Crippen molar-refractivity contribution >= 4 is 5.91 Å². The molecule has 0 heterocycles. The summed E-state index contributed by atoms with van der Waals surface area (Å²) in [6.45, 7) is 2.59. The maximum atomic E-state index is 12.5. The van der Waals surface area contributed by atoms with Gasteiger partial charge >= 0.3 is 0 Å². The van der Waals surface area contributed by atoms with E-state index in [-0.39, 0.29) is 18.4 Å². The van der Waals surface area contributed by atoms with Crippen LogP contribution >= 0.6 is 0 Å². The number of hydrogen-bond donors (Lipinski definition) is 1. The second-order valence-corrected chi connectivity index (χ2v) is 5.83. The van der Waals surface area contributed by atoms with Crippen LogP contribution in [0, 0.1) is 23.7 Å². The highest BCUT2D eigenvalue weighted by molar-refractivity contribution is 5.79. The molecule has 1 saturated carbocycles. The second kappa shape index (κ2) is 7.28. The molecule has 0 bridgehead atoms. The number of nitrogens with zero attached hydrogens (tertiary/aromatic N) is 1. The van der Waals surface area contributed by atoms with Crippen molar-refractivity contribution in [1.82, 2.24) is 4.90 Å². The Hall–Kier alpha value is -1.79. The minimum atomic E-state index is -0.150. The number of aliphatic hydroxyl groups excluding tert-OH is 1. The highest BCUT2D eigenvalue weighted by Gasteiger charge is 2.31. The molecule has 1 aliphatic carbocycles. The van der Waals surface area contributed by atoms with Crippen molar-refractivity contribution in [2.45, 2.75) is 32.7 Å². The van der Waals surface area contributed by atoms with Gasteiger partial charge in [-0.05, 0) is 30.4 Å². The fourth-order valence-electron chi connectivity index (χ4n) is 3.04. The molecule has 1 N–H and O–H groups in total. The molecule has 0 aromatic heterocycles. The first-order chi connectivity index (χ1) is 10.1. The number of benzene rings is 1. The molecule has 2 rings (SSSR count). The van der Waals surface area contributed by atoms with Gasteiger partial charge in [0.15, 0.2) is 0 Å². The molecule has 112 valence electrons. The molecular formula is C18H23NO2. The number of hydrogen-bond acceptors (Lipinski definition) is 2. The van der Waals surface area contributed by atoms with Crippen molar-refractivity contribution in [3.05, 3.63) is 35.4 Å². The van der Waals surface area contributed by atoms with Crippen LogP contribution in [0.5, 0.6) is 0 Å². The minimum Gasteiger partial charge on any atom is -0.384 e. The largest absolute Gasteiger partial charge is 0.384 e. The van der Waals surface area contributed by atoms with Gasteiger partial charge in [-0.2, -0.15) is 0 Å². The lowest BCUT2D eigenvalue weighted by molar-refractivity contribution is -0.135. The SMILES string of the molecule is CC1CCCC1C(=O)N(C)Cc1ccccc1C#CCO. The van der Waals surface area contributed by atoms with Crippen molar-refractivity contribution in [2.24, 2.45) is 11.8 Å². The van der Waals surface area contributed by atoms with E-state index in [4.69, 9.17) is 5.11 Å². The van der Waals surface area contributed by atoms with E-state index >= 15 is 0 Å². The van der Waals surface area contributed by atoms with Crippen LogP contribution in [0.15, 0.2) is 24.3 Å². The van der Waals surface area contributed by atoms with Gasteiger partial charge in [-0.1, -0.05) is 43.4 Å². The van der Waals surface area contributed by atoms with Crippen LogP contribution in [0.4, 0.5) is 0 Å². The number of amides is 1. The smallest absolute Gasteiger partial charge is 0.225 e.